The predicted octanol–water partition coefficient (Wildman–Crippen LogP) is 2.83. The number of Topliss-reactive ketones (excluding diaryl/α,β-unsaturated/α-hetero) is 1. The van der Waals surface area contributed by atoms with Gasteiger partial charge in [0, 0.05) is 30.1 Å². The summed E-state index contributed by atoms with van der Waals surface area (Å²) >= 11 is 0. The normalized spacial score (nSPS) is 12.4. The molecule has 0 fully saturated rings. The first-order valence-electron chi connectivity index (χ1n) is 9.69. The fourth-order valence-corrected chi connectivity index (χ4v) is 3.30. The molecule has 10 heteroatoms. The monoisotopic (exact) mass is 445 g/mol. The van der Waals surface area contributed by atoms with Crippen molar-refractivity contribution in [3.63, 3.8) is 0 Å². The van der Waals surface area contributed by atoms with Crippen LogP contribution in [-0.2, 0) is 11.3 Å². The number of nitro groups is 1. The Labute approximate surface area is 186 Å². The molecule has 10 nitrogen and oxygen atoms in total. The van der Waals surface area contributed by atoms with Gasteiger partial charge < -0.3 is 4.74 Å². The summed E-state index contributed by atoms with van der Waals surface area (Å²) < 4.78 is 5.03. The number of aromatic nitrogens is 1. The second-order valence-electron chi connectivity index (χ2n) is 7.12. The summed E-state index contributed by atoms with van der Waals surface area (Å²) in [6.07, 6.45) is 3.13. The first-order valence-corrected chi connectivity index (χ1v) is 9.69. The number of fused-ring (bicyclic) bond motifs is 1. The number of hydrogen-bond acceptors (Lipinski definition) is 8. The predicted molar refractivity (Wildman–Crippen MR) is 113 cm³/mol. The van der Waals surface area contributed by atoms with Crippen molar-refractivity contribution in [2.75, 3.05) is 6.61 Å². The standard InChI is InChI=1S/C23H15N3O7/c27-20(15-3-6-17(7-4-15)26(31)32)13-33-23(30)16-5-8-18-19(10-16)22(29)25(21(18)28)12-14-2-1-9-24-11-14/h1-11H,12-13H2. The molecule has 0 aliphatic carbocycles. The molecule has 2 aromatic carbocycles. The van der Waals surface area contributed by atoms with E-state index in [0.717, 1.165) is 4.90 Å². The average Bonchev–Trinajstić information content (AvgIpc) is 3.07. The first kappa shape index (κ1) is 21.5. The van der Waals surface area contributed by atoms with Crippen molar-refractivity contribution in [3.8, 4) is 0 Å². The zero-order valence-corrected chi connectivity index (χ0v) is 17.0. The van der Waals surface area contributed by atoms with Crippen molar-refractivity contribution >= 4 is 29.3 Å². The third kappa shape index (κ3) is 4.35. The highest BCUT2D eigenvalue weighted by Gasteiger charge is 2.36. The van der Waals surface area contributed by atoms with E-state index in [2.05, 4.69) is 4.98 Å². The van der Waals surface area contributed by atoms with E-state index < -0.39 is 35.1 Å². The van der Waals surface area contributed by atoms with Crippen LogP contribution in [0, 0.1) is 10.1 Å². The summed E-state index contributed by atoms with van der Waals surface area (Å²) in [5.74, 6) is -2.42. The molecule has 33 heavy (non-hydrogen) atoms. The number of ketones is 1. The van der Waals surface area contributed by atoms with Crippen LogP contribution in [0.5, 0.6) is 0 Å². The van der Waals surface area contributed by atoms with Crippen LogP contribution in [0.2, 0.25) is 0 Å². The fourth-order valence-electron chi connectivity index (χ4n) is 3.30. The number of imide groups is 1. The largest absolute Gasteiger partial charge is 0.454 e. The minimum Gasteiger partial charge on any atom is -0.454 e. The molecular formula is C23H15N3O7. The van der Waals surface area contributed by atoms with Crippen LogP contribution in [0.25, 0.3) is 0 Å². The molecule has 4 rings (SSSR count). The topological polar surface area (TPSA) is 137 Å². The zero-order valence-electron chi connectivity index (χ0n) is 17.0. The van der Waals surface area contributed by atoms with E-state index in [0.29, 0.717) is 5.56 Å². The van der Waals surface area contributed by atoms with E-state index in [4.69, 9.17) is 4.74 Å². The number of rotatable bonds is 7. The summed E-state index contributed by atoms with van der Waals surface area (Å²) in [5.41, 5.74) is 0.904. The summed E-state index contributed by atoms with van der Waals surface area (Å²) in [6.45, 7) is -0.544. The molecule has 0 atom stereocenters. The number of non-ortho nitro benzene ring substituents is 1. The number of pyridine rings is 1. The molecule has 3 aromatic rings. The molecule has 1 aromatic heterocycles. The highest BCUT2D eigenvalue weighted by Crippen LogP contribution is 2.26. The Morgan fingerprint density at radius 2 is 1.67 bits per heavy atom. The average molecular weight is 445 g/mol. The van der Waals surface area contributed by atoms with Crippen molar-refractivity contribution < 1.29 is 28.8 Å². The maximum atomic E-state index is 12.7. The van der Waals surface area contributed by atoms with Gasteiger partial charge in [0.1, 0.15) is 0 Å². The molecule has 0 saturated heterocycles. The van der Waals surface area contributed by atoms with Crippen molar-refractivity contribution in [1.29, 1.82) is 0 Å². The lowest BCUT2D eigenvalue weighted by molar-refractivity contribution is -0.384. The minimum atomic E-state index is -0.848. The lowest BCUT2D eigenvalue weighted by atomic mass is 10.1. The summed E-state index contributed by atoms with van der Waals surface area (Å²) in [6, 6.07) is 12.3. The zero-order chi connectivity index (χ0) is 23.5. The van der Waals surface area contributed by atoms with Gasteiger partial charge in [-0.1, -0.05) is 6.07 Å². The quantitative estimate of drug-likeness (QED) is 0.178. The van der Waals surface area contributed by atoms with Crippen LogP contribution in [-0.4, -0.2) is 45.0 Å². The molecule has 1 aliphatic heterocycles. The van der Waals surface area contributed by atoms with E-state index in [1.165, 1.54) is 42.5 Å². The van der Waals surface area contributed by atoms with E-state index in [-0.39, 0.29) is 34.5 Å². The number of carbonyl (C=O) groups is 4. The van der Waals surface area contributed by atoms with Gasteiger partial charge >= 0.3 is 5.97 Å². The van der Waals surface area contributed by atoms with Crippen LogP contribution in [0.15, 0.2) is 67.0 Å². The number of esters is 1. The van der Waals surface area contributed by atoms with Crippen LogP contribution in [0.1, 0.15) is 47.0 Å². The Morgan fingerprint density at radius 1 is 0.970 bits per heavy atom. The van der Waals surface area contributed by atoms with Gasteiger partial charge in [0.15, 0.2) is 12.4 Å². The van der Waals surface area contributed by atoms with Gasteiger partial charge in [0.25, 0.3) is 17.5 Å². The molecule has 2 heterocycles. The Hall–Kier alpha value is -4.73. The minimum absolute atomic E-state index is 0.00891. The SMILES string of the molecule is O=C(COC(=O)c1ccc2c(c1)C(=O)N(Cc1cccnc1)C2=O)c1ccc([N+](=O)[O-])cc1. The van der Waals surface area contributed by atoms with E-state index in [1.54, 1.807) is 24.5 Å². The number of nitrogens with zero attached hydrogens (tertiary/aromatic N) is 3. The highest BCUT2D eigenvalue weighted by molar-refractivity contribution is 6.21. The second-order valence-corrected chi connectivity index (χ2v) is 7.12. The molecule has 0 bridgehead atoms. The third-order valence-corrected chi connectivity index (χ3v) is 5.00. The molecule has 0 radical (unpaired) electrons. The van der Waals surface area contributed by atoms with Crippen LogP contribution in [0.4, 0.5) is 5.69 Å². The van der Waals surface area contributed by atoms with Gasteiger partial charge in [-0.3, -0.25) is 34.4 Å². The van der Waals surface area contributed by atoms with Gasteiger partial charge in [-0.25, -0.2) is 4.79 Å². The van der Waals surface area contributed by atoms with Crippen molar-refractivity contribution in [1.82, 2.24) is 9.88 Å². The molecule has 0 saturated carbocycles. The molecule has 1 aliphatic rings. The van der Waals surface area contributed by atoms with Gasteiger partial charge in [-0.05, 0) is 42.0 Å². The smallest absolute Gasteiger partial charge is 0.338 e. The number of amides is 2. The van der Waals surface area contributed by atoms with Gasteiger partial charge in [0.2, 0.25) is 0 Å². The van der Waals surface area contributed by atoms with Crippen molar-refractivity contribution in [3.05, 3.63) is 105 Å². The van der Waals surface area contributed by atoms with Gasteiger partial charge in [-0.15, -0.1) is 0 Å². The number of nitro benzene ring substituents is 1. The molecule has 0 N–H and O–H groups in total. The van der Waals surface area contributed by atoms with E-state index >= 15 is 0 Å². The second kappa shape index (κ2) is 8.79. The Morgan fingerprint density at radius 3 is 2.33 bits per heavy atom. The molecule has 0 spiro atoms. The van der Waals surface area contributed by atoms with Gasteiger partial charge in [0.05, 0.1) is 28.2 Å². The number of benzene rings is 2. The van der Waals surface area contributed by atoms with Crippen LogP contribution < -0.4 is 0 Å². The summed E-state index contributed by atoms with van der Waals surface area (Å²) in [4.78, 5) is 65.1. The Balaban J connectivity index is 1.43. The molecular weight excluding hydrogens is 430 g/mol. The number of carbonyl (C=O) groups excluding carboxylic acids is 4. The van der Waals surface area contributed by atoms with Crippen LogP contribution >= 0.6 is 0 Å². The Bertz CT molecular complexity index is 1290. The highest BCUT2D eigenvalue weighted by atomic mass is 16.6. The lowest BCUT2D eigenvalue weighted by Crippen LogP contribution is -2.29. The van der Waals surface area contributed by atoms with E-state index in [9.17, 15) is 29.3 Å². The van der Waals surface area contributed by atoms with Crippen molar-refractivity contribution in [2.24, 2.45) is 0 Å². The fraction of sp³-hybridized carbons (Fsp3) is 0.0870. The Kier molecular flexibility index (Phi) is 5.73. The maximum absolute atomic E-state index is 12.7. The summed E-state index contributed by atoms with van der Waals surface area (Å²) in [7, 11) is 0. The summed E-state index contributed by atoms with van der Waals surface area (Å²) in [5, 5.41) is 10.7. The molecule has 0 unspecified atom stereocenters. The third-order valence-electron chi connectivity index (χ3n) is 5.00. The number of ether oxygens (including phenoxy) is 1. The molecule has 2 amide bonds. The first-order chi connectivity index (χ1) is 15.8. The lowest BCUT2D eigenvalue weighted by Gasteiger charge is -2.13. The van der Waals surface area contributed by atoms with Crippen LogP contribution in [0.3, 0.4) is 0 Å². The van der Waals surface area contributed by atoms with Gasteiger partial charge in [-0.2, -0.15) is 0 Å². The molecule has 164 valence electrons. The van der Waals surface area contributed by atoms with E-state index in [1.807, 2.05) is 0 Å². The maximum Gasteiger partial charge on any atom is 0.338 e. The number of hydrogen-bond donors (Lipinski definition) is 0. The van der Waals surface area contributed by atoms with Crippen molar-refractivity contribution in [2.45, 2.75) is 6.54 Å².